The summed E-state index contributed by atoms with van der Waals surface area (Å²) in [5.74, 6) is -0.613. The summed E-state index contributed by atoms with van der Waals surface area (Å²) < 4.78 is 52.2. The van der Waals surface area contributed by atoms with E-state index in [1.54, 1.807) is 32.0 Å². The maximum absolute atomic E-state index is 13.8. The van der Waals surface area contributed by atoms with Crippen molar-refractivity contribution in [2.75, 3.05) is 19.4 Å². The average Bonchev–Trinajstić information content (AvgIpc) is 3.23. The van der Waals surface area contributed by atoms with E-state index in [2.05, 4.69) is 5.32 Å². The standard InChI is InChI=1S/C23H30N2O5S2/c1-16-8-9-18(3)21(14-16)31(27,28)23(12-6-7-13-23)22(26)24-20-15-19(11-10-17(20)2)32(29,30)25(4)5/h8-11,14-15H,6-7,12-13H2,1-5H3,(H,24,26). The Bertz CT molecular complexity index is 1260. The van der Waals surface area contributed by atoms with E-state index in [-0.39, 0.29) is 22.6 Å². The van der Waals surface area contributed by atoms with Gasteiger partial charge in [-0.05, 0) is 68.5 Å². The molecule has 1 fully saturated rings. The number of anilines is 1. The first-order valence-corrected chi connectivity index (χ1v) is 13.4. The summed E-state index contributed by atoms with van der Waals surface area (Å²) >= 11 is 0. The Labute approximate surface area is 190 Å². The van der Waals surface area contributed by atoms with Gasteiger partial charge in [0.15, 0.2) is 14.6 Å². The van der Waals surface area contributed by atoms with Crippen molar-refractivity contribution in [2.24, 2.45) is 0 Å². The normalized spacial score (nSPS) is 16.3. The molecule has 7 nitrogen and oxygen atoms in total. The molecule has 0 aromatic heterocycles. The third-order valence-electron chi connectivity index (χ3n) is 6.21. The molecule has 0 unspecified atom stereocenters. The second kappa shape index (κ2) is 8.61. The van der Waals surface area contributed by atoms with Crippen molar-refractivity contribution >= 4 is 31.5 Å². The topological polar surface area (TPSA) is 101 Å². The molecule has 1 aliphatic rings. The Balaban J connectivity index is 2.06. The number of hydrogen-bond donors (Lipinski definition) is 1. The number of sulfonamides is 1. The van der Waals surface area contributed by atoms with Gasteiger partial charge in [-0.15, -0.1) is 0 Å². The van der Waals surface area contributed by atoms with Crippen molar-refractivity contribution in [3.8, 4) is 0 Å². The fourth-order valence-corrected chi connectivity index (χ4v) is 7.42. The smallest absolute Gasteiger partial charge is 0.246 e. The van der Waals surface area contributed by atoms with Crippen molar-refractivity contribution in [1.29, 1.82) is 0 Å². The summed E-state index contributed by atoms with van der Waals surface area (Å²) in [6.07, 6.45) is 1.71. The molecule has 174 valence electrons. The third kappa shape index (κ3) is 4.09. The molecule has 0 radical (unpaired) electrons. The van der Waals surface area contributed by atoms with Crippen LogP contribution in [0.5, 0.6) is 0 Å². The van der Waals surface area contributed by atoms with E-state index in [9.17, 15) is 21.6 Å². The zero-order valence-corrected chi connectivity index (χ0v) is 20.7. The van der Waals surface area contributed by atoms with Crippen molar-refractivity contribution in [3.05, 3.63) is 53.1 Å². The van der Waals surface area contributed by atoms with E-state index in [0.29, 0.717) is 29.7 Å². The molecule has 9 heteroatoms. The second-order valence-electron chi connectivity index (χ2n) is 8.69. The molecule has 1 amide bonds. The number of carbonyl (C=O) groups excluding carboxylic acids is 1. The molecular weight excluding hydrogens is 448 g/mol. The monoisotopic (exact) mass is 478 g/mol. The van der Waals surface area contributed by atoms with Gasteiger partial charge in [-0.2, -0.15) is 0 Å². The van der Waals surface area contributed by atoms with E-state index in [0.717, 1.165) is 9.87 Å². The van der Waals surface area contributed by atoms with Crippen molar-refractivity contribution in [1.82, 2.24) is 4.31 Å². The molecule has 3 rings (SSSR count). The third-order valence-corrected chi connectivity index (χ3v) is 10.7. The molecule has 0 aliphatic heterocycles. The summed E-state index contributed by atoms with van der Waals surface area (Å²) in [4.78, 5) is 13.8. The average molecular weight is 479 g/mol. The van der Waals surface area contributed by atoms with E-state index in [1.807, 2.05) is 13.0 Å². The zero-order valence-electron chi connectivity index (χ0n) is 19.1. The minimum Gasteiger partial charge on any atom is -0.324 e. The molecule has 2 aromatic carbocycles. The maximum atomic E-state index is 13.8. The van der Waals surface area contributed by atoms with Gasteiger partial charge in [-0.25, -0.2) is 21.1 Å². The highest BCUT2D eigenvalue weighted by Crippen LogP contribution is 2.42. The van der Waals surface area contributed by atoms with Gasteiger partial charge in [0.05, 0.1) is 9.79 Å². The fraction of sp³-hybridized carbons (Fsp3) is 0.435. The van der Waals surface area contributed by atoms with Gasteiger partial charge in [0.25, 0.3) is 0 Å². The molecular formula is C23H30N2O5S2. The predicted molar refractivity (Wildman–Crippen MR) is 125 cm³/mol. The van der Waals surface area contributed by atoms with Crippen molar-refractivity contribution in [2.45, 2.75) is 61.0 Å². The largest absolute Gasteiger partial charge is 0.324 e. The van der Waals surface area contributed by atoms with Gasteiger partial charge in [-0.1, -0.05) is 31.0 Å². The van der Waals surface area contributed by atoms with Crippen LogP contribution in [-0.4, -0.2) is 45.9 Å². The number of sulfone groups is 1. The quantitative estimate of drug-likeness (QED) is 0.684. The lowest BCUT2D eigenvalue weighted by Gasteiger charge is -2.29. The van der Waals surface area contributed by atoms with Crippen molar-refractivity contribution < 1.29 is 21.6 Å². The maximum Gasteiger partial charge on any atom is 0.246 e. The number of nitrogens with zero attached hydrogens (tertiary/aromatic N) is 1. The number of carbonyl (C=O) groups is 1. The van der Waals surface area contributed by atoms with Crippen LogP contribution in [0.25, 0.3) is 0 Å². The van der Waals surface area contributed by atoms with Gasteiger partial charge < -0.3 is 5.32 Å². The SMILES string of the molecule is Cc1ccc(C)c(S(=O)(=O)C2(C(=O)Nc3cc(S(=O)(=O)N(C)C)ccc3C)CCCC2)c1. The van der Waals surface area contributed by atoms with Crippen LogP contribution < -0.4 is 5.32 Å². The van der Waals surface area contributed by atoms with Gasteiger partial charge in [-0.3, -0.25) is 4.79 Å². The van der Waals surface area contributed by atoms with Crippen LogP contribution in [0.15, 0.2) is 46.2 Å². The van der Waals surface area contributed by atoms with E-state index in [1.165, 1.54) is 26.2 Å². The van der Waals surface area contributed by atoms with Crippen LogP contribution in [0.3, 0.4) is 0 Å². The van der Waals surface area contributed by atoms with Crippen LogP contribution in [0.2, 0.25) is 0 Å². The summed E-state index contributed by atoms with van der Waals surface area (Å²) in [6.45, 7) is 5.29. The summed E-state index contributed by atoms with van der Waals surface area (Å²) in [5.41, 5.74) is 2.35. The summed E-state index contributed by atoms with van der Waals surface area (Å²) in [7, 11) is -4.82. The Kier molecular flexibility index (Phi) is 6.57. The highest BCUT2D eigenvalue weighted by Gasteiger charge is 2.53. The van der Waals surface area contributed by atoms with Crippen LogP contribution >= 0.6 is 0 Å². The van der Waals surface area contributed by atoms with Crippen LogP contribution in [0.1, 0.15) is 42.4 Å². The molecule has 1 N–H and O–H groups in total. The number of hydrogen-bond acceptors (Lipinski definition) is 5. The lowest BCUT2D eigenvalue weighted by molar-refractivity contribution is -0.118. The predicted octanol–water partition coefficient (Wildman–Crippen LogP) is 3.59. The highest BCUT2D eigenvalue weighted by molar-refractivity contribution is 7.93. The van der Waals surface area contributed by atoms with Gasteiger partial charge in [0, 0.05) is 19.8 Å². The number of aryl methyl sites for hydroxylation is 3. The van der Waals surface area contributed by atoms with Crippen LogP contribution in [0.4, 0.5) is 5.69 Å². The number of benzene rings is 2. The van der Waals surface area contributed by atoms with E-state index >= 15 is 0 Å². The number of amides is 1. The van der Waals surface area contributed by atoms with E-state index < -0.39 is 30.5 Å². The van der Waals surface area contributed by atoms with Crippen LogP contribution in [0, 0.1) is 20.8 Å². The Morgan fingerprint density at radius 3 is 2.09 bits per heavy atom. The first kappa shape index (κ1) is 24.4. The van der Waals surface area contributed by atoms with Crippen molar-refractivity contribution in [3.63, 3.8) is 0 Å². The summed E-state index contributed by atoms with van der Waals surface area (Å²) in [5, 5.41) is 2.75. The van der Waals surface area contributed by atoms with Crippen LogP contribution in [-0.2, 0) is 24.7 Å². The highest BCUT2D eigenvalue weighted by atomic mass is 32.2. The second-order valence-corrected chi connectivity index (χ2v) is 13.1. The minimum absolute atomic E-state index is 0.0289. The molecule has 0 heterocycles. The molecule has 32 heavy (non-hydrogen) atoms. The van der Waals surface area contributed by atoms with E-state index in [4.69, 9.17) is 0 Å². The molecule has 0 bridgehead atoms. The number of rotatable bonds is 6. The fourth-order valence-electron chi connectivity index (χ4n) is 4.11. The zero-order chi connectivity index (χ0) is 23.9. The molecule has 0 spiro atoms. The Morgan fingerprint density at radius 2 is 1.50 bits per heavy atom. The van der Waals surface area contributed by atoms with Gasteiger partial charge in [0.2, 0.25) is 15.9 Å². The minimum atomic E-state index is -3.98. The lowest BCUT2D eigenvalue weighted by atomic mass is 10.1. The summed E-state index contributed by atoms with van der Waals surface area (Å²) in [6, 6.07) is 9.67. The molecule has 0 saturated heterocycles. The molecule has 2 aromatic rings. The number of nitrogens with one attached hydrogen (secondary N) is 1. The Morgan fingerprint density at radius 1 is 0.906 bits per heavy atom. The first-order chi connectivity index (χ1) is 14.8. The molecule has 0 atom stereocenters. The Hall–Kier alpha value is -2.23. The molecule has 1 aliphatic carbocycles. The van der Waals surface area contributed by atoms with Gasteiger partial charge >= 0.3 is 0 Å². The van der Waals surface area contributed by atoms with Gasteiger partial charge in [0.1, 0.15) is 0 Å². The molecule has 1 saturated carbocycles. The first-order valence-electron chi connectivity index (χ1n) is 10.5. The lowest BCUT2D eigenvalue weighted by Crippen LogP contribution is -2.47.